The predicted octanol–water partition coefficient (Wildman–Crippen LogP) is 0.892. The molecule has 0 saturated carbocycles. The smallest absolute Gasteiger partial charge is 0.186 e. The van der Waals surface area contributed by atoms with E-state index < -0.39 is 6.43 Å². The number of hydrogen-bond acceptors (Lipinski definition) is 2. The molecule has 0 aromatic rings. The minimum atomic E-state index is -5.50. The van der Waals surface area contributed by atoms with Crippen molar-refractivity contribution in [1.29, 1.82) is 0 Å². The average molecular weight is 132 g/mol. The maximum Gasteiger partial charge on any atom is 0.559 e. The maximum atomic E-state index is 9.69. The predicted molar refractivity (Wildman–Crippen MR) is 12.2 cm³/mol. The first-order chi connectivity index (χ1) is 3.41. The van der Waals surface area contributed by atoms with Gasteiger partial charge in [-0.2, -0.15) is 9.59 Å². The highest BCUT2D eigenvalue weighted by atomic mass is 19.5. The van der Waals surface area contributed by atoms with Gasteiger partial charge < -0.3 is 0 Å². The molecular weight excluding hydrogens is 132 g/mol. The van der Waals surface area contributed by atoms with Crippen LogP contribution in [0.1, 0.15) is 0 Å². The van der Waals surface area contributed by atoms with Crippen molar-refractivity contribution in [2.45, 2.75) is 6.43 Å². The molecule has 0 aliphatic rings. The Kier molecular flexibility index (Phi) is 5.41. The second-order valence-electron chi connectivity index (χ2n) is 0.512. The SMILES string of the molecule is FC(F)(F)F.O=C=O. The highest BCUT2D eigenvalue weighted by molar-refractivity contribution is 5.20. The van der Waals surface area contributed by atoms with E-state index in [1.165, 1.54) is 0 Å². The van der Waals surface area contributed by atoms with Gasteiger partial charge in [0.25, 0.3) is 0 Å². The van der Waals surface area contributed by atoms with Gasteiger partial charge in [-0.1, -0.05) is 0 Å². The summed E-state index contributed by atoms with van der Waals surface area (Å²) >= 11 is 0. The zero-order valence-corrected chi connectivity index (χ0v) is 3.33. The van der Waals surface area contributed by atoms with E-state index in [4.69, 9.17) is 9.59 Å². The fourth-order valence-corrected chi connectivity index (χ4v) is 0. The lowest BCUT2D eigenvalue weighted by atomic mass is 11.5. The van der Waals surface area contributed by atoms with Crippen molar-refractivity contribution in [3.63, 3.8) is 0 Å². The molecule has 0 aliphatic heterocycles. The van der Waals surface area contributed by atoms with E-state index in [2.05, 4.69) is 0 Å². The van der Waals surface area contributed by atoms with Gasteiger partial charge in [0.15, 0.2) is 0 Å². The molecule has 0 heterocycles. The van der Waals surface area contributed by atoms with Gasteiger partial charge >= 0.3 is 12.6 Å². The maximum absolute atomic E-state index is 9.69. The normalized spacial score (nSPS) is 8.50. The lowest BCUT2D eigenvalue weighted by Gasteiger charge is -1.82. The lowest BCUT2D eigenvalue weighted by Crippen LogP contribution is -1.92. The first-order valence-corrected chi connectivity index (χ1v) is 1.16. The van der Waals surface area contributed by atoms with Crippen LogP contribution in [0.3, 0.4) is 0 Å². The molecule has 0 N–H and O–H groups in total. The topological polar surface area (TPSA) is 34.1 Å². The third-order valence-electron chi connectivity index (χ3n) is 0. The highest BCUT2D eigenvalue weighted by Crippen LogP contribution is 2.13. The molecule has 0 saturated heterocycles. The molecule has 0 unspecified atom stereocenters. The van der Waals surface area contributed by atoms with Gasteiger partial charge in [-0.05, 0) is 0 Å². The number of halogens is 4. The van der Waals surface area contributed by atoms with Gasteiger partial charge in [-0.25, -0.2) is 0 Å². The Morgan fingerprint density at radius 1 is 1.00 bits per heavy atom. The largest absolute Gasteiger partial charge is 0.559 e. The summed E-state index contributed by atoms with van der Waals surface area (Å²) in [6.45, 7) is 0. The summed E-state index contributed by atoms with van der Waals surface area (Å²) in [4.78, 5) is 16.2. The van der Waals surface area contributed by atoms with Crippen molar-refractivity contribution in [1.82, 2.24) is 0 Å². The van der Waals surface area contributed by atoms with Crippen LogP contribution in [0.25, 0.3) is 0 Å². The van der Waals surface area contributed by atoms with Crippen molar-refractivity contribution in [3.05, 3.63) is 0 Å². The fourth-order valence-electron chi connectivity index (χ4n) is 0. The molecule has 6 heteroatoms. The van der Waals surface area contributed by atoms with Crippen LogP contribution >= 0.6 is 0 Å². The molecule has 0 radical (unpaired) electrons. The molecule has 0 rings (SSSR count). The molecule has 0 amide bonds. The van der Waals surface area contributed by atoms with E-state index in [0.717, 1.165) is 0 Å². The van der Waals surface area contributed by atoms with Gasteiger partial charge in [0, 0.05) is 0 Å². The van der Waals surface area contributed by atoms with Gasteiger partial charge in [0.2, 0.25) is 0 Å². The molecular formula is C2F4O2. The van der Waals surface area contributed by atoms with Crippen LogP contribution in [-0.4, -0.2) is 12.6 Å². The zero-order valence-electron chi connectivity index (χ0n) is 3.33. The average Bonchev–Trinajstić information content (AvgIpc) is 1.27. The Morgan fingerprint density at radius 3 is 1.00 bits per heavy atom. The van der Waals surface area contributed by atoms with Crippen molar-refractivity contribution < 1.29 is 27.2 Å². The first-order valence-electron chi connectivity index (χ1n) is 1.16. The highest BCUT2D eigenvalue weighted by Gasteiger charge is 2.24. The molecule has 48 valence electrons. The Labute approximate surface area is 41.1 Å². The minimum absolute atomic E-state index is 0.250. The van der Waals surface area contributed by atoms with Crippen molar-refractivity contribution >= 4 is 6.15 Å². The minimum Gasteiger partial charge on any atom is -0.186 e. The fraction of sp³-hybridized carbons (Fsp3) is 0.500. The van der Waals surface area contributed by atoms with Crippen LogP contribution in [0.4, 0.5) is 17.6 Å². The third kappa shape index (κ3) is 106. The molecule has 0 atom stereocenters. The number of hydrogen-bond donors (Lipinski definition) is 0. The molecule has 8 heavy (non-hydrogen) atoms. The van der Waals surface area contributed by atoms with Crippen LogP contribution in [0, 0.1) is 0 Å². The number of rotatable bonds is 0. The molecule has 0 spiro atoms. The third-order valence-corrected chi connectivity index (χ3v) is 0. The summed E-state index contributed by atoms with van der Waals surface area (Å²) < 4.78 is 38.8. The first kappa shape index (κ1) is 10.2. The number of alkyl halides is 4. The molecule has 0 fully saturated rings. The lowest BCUT2D eigenvalue weighted by molar-refractivity contribution is -0.237. The van der Waals surface area contributed by atoms with Crippen molar-refractivity contribution in [3.8, 4) is 0 Å². The van der Waals surface area contributed by atoms with Crippen LogP contribution in [0.2, 0.25) is 0 Å². The Morgan fingerprint density at radius 2 is 1.00 bits per heavy atom. The van der Waals surface area contributed by atoms with Crippen LogP contribution < -0.4 is 0 Å². The van der Waals surface area contributed by atoms with Gasteiger partial charge in [0.1, 0.15) is 0 Å². The molecule has 0 aliphatic carbocycles. The molecule has 0 aromatic heterocycles. The summed E-state index contributed by atoms with van der Waals surface area (Å²) in [6.07, 6.45) is -5.25. The number of carbonyl (C=O) groups excluding carboxylic acids is 2. The van der Waals surface area contributed by atoms with Gasteiger partial charge in [-0.15, -0.1) is 17.6 Å². The Hall–Kier alpha value is -0.900. The van der Waals surface area contributed by atoms with Crippen LogP contribution in [0.5, 0.6) is 0 Å². The summed E-state index contributed by atoms with van der Waals surface area (Å²) in [6, 6.07) is 0. The van der Waals surface area contributed by atoms with Gasteiger partial charge in [-0.3, -0.25) is 0 Å². The second kappa shape index (κ2) is 4.26. The van der Waals surface area contributed by atoms with E-state index in [1.807, 2.05) is 0 Å². The standard InChI is InChI=1S/CF4.CO2/c2-1(3,4)5;2-1-3. The van der Waals surface area contributed by atoms with Gasteiger partial charge in [0.05, 0.1) is 0 Å². The molecule has 2 nitrogen and oxygen atoms in total. The van der Waals surface area contributed by atoms with E-state index in [9.17, 15) is 17.6 Å². The van der Waals surface area contributed by atoms with Crippen molar-refractivity contribution in [2.24, 2.45) is 0 Å². The van der Waals surface area contributed by atoms with Crippen molar-refractivity contribution in [2.75, 3.05) is 0 Å². The van der Waals surface area contributed by atoms with Crippen LogP contribution in [0.15, 0.2) is 0 Å². The quantitative estimate of drug-likeness (QED) is 0.458. The molecule has 0 bridgehead atoms. The monoisotopic (exact) mass is 132 g/mol. The summed E-state index contributed by atoms with van der Waals surface area (Å²) in [5, 5.41) is 0. The summed E-state index contributed by atoms with van der Waals surface area (Å²) in [7, 11) is 0. The van der Waals surface area contributed by atoms with E-state index in [0.29, 0.717) is 0 Å². The zero-order chi connectivity index (χ0) is 7.21. The van der Waals surface area contributed by atoms with E-state index >= 15 is 0 Å². The van der Waals surface area contributed by atoms with E-state index in [1.54, 1.807) is 0 Å². The van der Waals surface area contributed by atoms with Crippen LogP contribution in [-0.2, 0) is 9.59 Å². The Bertz CT molecular complexity index is 72.5. The molecule has 0 aromatic carbocycles. The summed E-state index contributed by atoms with van der Waals surface area (Å²) in [5.41, 5.74) is 0. The summed E-state index contributed by atoms with van der Waals surface area (Å²) in [5.74, 6) is 0. The van der Waals surface area contributed by atoms with E-state index in [-0.39, 0.29) is 6.15 Å². The second-order valence-corrected chi connectivity index (χ2v) is 0.512. The Balaban J connectivity index is 0.